The second kappa shape index (κ2) is 8.98. The molecule has 2 aliphatic rings. The maximum Gasteiger partial charge on any atom is 0.0897 e. The summed E-state index contributed by atoms with van der Waals surface area (Å²) in [6.07, 6.45) is 8.64. The van der Waals surface area contributed by atoms with Gasteiger partial charge in [0.1, 0.15) is 0 Å². The van der Waals surface area contributed by atoms with E-state index in [1.807, 2.05) is 0 Å². The van der Waals surface area contributed by atoms with Gasteiger partial charge < -0.3 is 19.9 Å². The van der Waals surface area contributed by atoms with E-state index in [0.717, 1.165) is 25.4 Å². The molecular formula is C16H31NO3. The first kappa shape index (κ1) is 16.2. The Morgan fingerprint density at radius 3 is 2.85 bits per heavy atom. The Morgan fingerprint density at radius 1 is 1.20 bits per heavy atom. The number of ether oxygens (including phenoxy) is 2. The number of rotatable bonds is 7. The zero-order valence-corrected chi connectivity index (χ0v) is 12.9. The molecule has 1 saturated heterocycles. The number of hydrogen-bond donors (Lipinski definition) is 2. The highest BCUT2D eigenvalue weighted by molar-refractivity contribution is 4.77. The van der Waals surface area contributed by atoms with Crippen molar-refractivity contribution in [2.24, 2.45) is 5.92 Å². The van der Waals surface area contributed by atoms with Crippen LogP contribution in [0.5, 0.6) is 0 Å². The number of aliphatic hydroxyl groups is 1. The Morgan fingerprint density at radius 2 is 2.05 bits per heavy atom. The Bertz CT molecular complexity index is 256. The molecule has 2 N–H and O–H groups in total. The second-order valence-electron chi connectivity index (χ2n) is 6.46. The van der Waals surface area contributed by atoms with E-state index in [1.165, 1.54) is 32.1 Å². The summed E-state index contributed by atoms with van der Waals surface area (Å²) in [5.74, 6) is 0.720. The van der Waals surface area contributed by atoms with Crippen molar-refractivity contribution in [2.75, 3.05) is 26.4 Å². The van der Waals surface area contributed by atoms with E-state index in [9.17, 15) is 5.11 Å². The van der Waals surface area contributed by atoms with E-state index in [2.05, 4.69) is 12.2 Å². The SMILES string of the molecule is CC1CCCCCC1NCC(O)COCC1CCCO1. The number of nitrogens with one attached hydrogen (secondary N) is 1. The molecule has 1 heterocycles. The van der Waals surface area contributed by atoms with Gasteiger partial charge in [-0.25, -0.2) is 0 Å². The Labute approximate surface area is 123 Å². The topological polar surface area (TPSA) is 50.7 Å². The second-order valence-corrected chi connectivity index (χ2v) is 6.46. The summed E-state index contributed by atoms with van der Waals surface area (Å²) in [5, 5.41) is 13.5. The van der Waals surface area contributed by atoms with Crippen molar-refractivity contribution in [1.82, 2.24) is 5.32 Å². The van der Waals surface area contributed by atoms with E-state index in [0.29, 0.717) is 25.8 Å². The Hall–Kier alpha value is -0.160. The van der Waals surface area contributed by atoms with Gasteiger partial charge in [-0.05, 0) is 31.6 Å². The molecule has 0 radical (unpaired) electrons. The smallest absolute Gasteiger partial charge is 0.0897 e. The molecule has 0 aromatic carbocycles. The Balaban J connectivity index is 1.55. The molecule has 0 bridgehead atoms. The minimum atomic E-state index is -0.410. The largest absolute Gasteiger partial charge is 0.389 e. The van der Waals surface area contributed by atoms with Crippen LogP contribution in [0.1, 0.15) is 51.9 Å². The monoisotopic (exact) mass is 285 g/mol. The molecule has 0 aromatic heterocycles. The van der Waals surface area contributed by atoms with Crippen LogP contribution in [0.3, 0.4) is 0 Å². The third-order valence-corrected chi connectivity index (χ3v) is 4.62. The maximum atomic E-state index is 9.98. The first-order valence-electron chi connectivity index (χ1n) is 8.36. The van der Waals surface area contributed by atoms with Gasteiger partial charge in [-0.2, -0.15) is 0 Å². The third kappa shape index (κ3) is 5.68. The summed E-state index contributed by atoms with van der Waals surface area (Å²) in [6, 6.07) is 0.560. The molecule has 1 aliphatic heterocycles. The summed E-state index contributed by atoms with van der Waals surface area (Å²) in [7, 11) is 0. The van der Waals surface area contributed by atoms with Gasteiger partial charge in [0.15, 0.2) is 0 Å². The highest BCUT2D eigenvalue weighted by Gasteiger charge is 2.20. The molecule has 0 aromatic rings. The van der Waals surface area contributed by atoms with Crippen molar-refractivity contribution >= 4 is 0 Å². The van der Waals surface area contributed by atoms with Gasteiger partial charge in [-0.3, -0.25) is 0 Å². The summed E-state index contributed by atoms with van der Waals surface area (Å²) in [6.45, 7) is 4.85. The van der Waals surface area contributed by atoms with Crippen LogP contribution >= 0.6 is 0 Å². The lowest BCUT2D eigenvalue weighted by Gasteiger charge is -2.24. The molecule has 20 heavy (non-hydrogen) atoms. The first-order chi connectivity index (χ1) is 9.75. The lowest BCUT2D eigenvalue weighted by Crippen LogP contribution is -2.40. The molecule has 2 rings (SSSR count). The Kier molecular flexibility index (Phi) is 7.28. The minimum absolute atomic E-state index is 0.247. The molecule has 1 saturated carbocycles. The van der Waals surface area contributed by atoms with Crippen LogP contribution in [0, 0.1) is 5.92 Å². The van der Waals surface area contributed by atoms with Crippen LogP contribution in [-0.4, -0.2) is 49.7 Å². The van der Waals surface area contributed by atoms with Gasteiger partial charge >= 0.3 is 0 Å². The van der Waals surface area contributed by atoms with Crippen molar-refractivity contribution in [2.45, 2.75) is 70.1 Å². The van der Waals surface area contributed by atoms with E-state index < -0.39 is 6.10 Å². The van der Waals surface area contributed by atoms with Crippen molar-refractivity contribution in [1.29, 1.82) is 0 Å². The molecule has 118 valence electrons. The van der Waals surface area contributed by atoms with E-state index >= 15 is 0 Å². The van der Waals surface area contributed by atoms with E-state index in [-0.39, 0.29) is 6.10 Å². The van der Waals surface area contributed by atoms with Crippen molar-refractivity contribution < 1.29 is 14.6 Å². The average molecular weight is 285 g/mol. The molecule has 2 fully saturated rings. The standard InChI is InChI=1S/C16H31NO3/c1-13-6-3-2-4-8-16(13)17-10-14(18)11-19-12-15-7-5-9-20-15/h13-18H,2-12H2,1H3. The zero-order valence-electron chi connectivity index (χ0n) is 12.9. The maximum absolute atomic E-state index is 9.98. The molecule has 4 nitrogen and oxygen atoms in total. The summed E-state index contributed by atoms with van der Waals surface area (Å²) >= 11 is 0. The van der Waals surface area contributed by atoms with Crippen molar-refractivity contribution in [3.8, 4) is 0 Å². The number of aliphatic hydroxyl groups excluding tert-OH is 1. The van der Waals surface area contributed by atoms with Crippen LogP contribution in [0.25, 0.3) is 0 Å². The van der Waals surface area contributed by atoms with Gasteiger partial charge in [0.05, 0.1) is 25.4 Å². The molecule has 0 amide bonds. The van der Waals surface area contributed by atoms with Gasteiger partial charge in [0.25, 0.3) is 0 Å². The van der Waals surface area contributed by atoms with Crippen molar-refractivity contribution in [3.05, 3.63) is 0 Å². The third-order valence-electron chi connectivity index (χ3n) is 4.62. The van der Waals surface area contributed by atoms with Crippen LogP contribution in [0.4, 0.5) is 0 Å². The summed E-state index contributed by atoms with van der Waals surface area (Å²) in [4.78, 5) is 0. The summed E-state index contributed by atoms with van der Waals surface area (Å²) < 4.78 is 11.1. The summed E-state index contributed by atoms with van der Waals surface area (Å²) in [5.41, 5.74) is 0. The lowest BCUT2D eigenvalue weighted by molar-refractivity contribution is -0.0173. The van der Waals surface area contributed by atoms with Gasteiger partial charge in [0.2, 0.25) is 0 Å². The normalized spacial score (nSPS) is 33.0. The van der Waals surface area contributed by atoms with Crippen LogP contribution in [-0.2, 0) is 9.47 Å². The predicted molar refractivity (Wildman–Crippen MR) is 79.8 cm³/mol. The highest BCUT2D eigenvalue weighted by Crippen LogP contribution is 2.22. The predicted octanol–water partition coefficient (Wildman–Crippen LogP) is 2.10. The molecule has 0 spiro atoms. The average Bonchev–Trinajstić information content (AvgIpc) is 2.86. The van der Waals surface area contributed by atoms with Crippen LogP contribution in [0.15, 0.2) is 0 Å². The van der Waals surface area contributed by atoms with Gasteiger partial charge in [-0.1, -0.05) is 26.2 Å². The molecular weight excluding hydrogens is 254 g/mol. The lowest BCUT2D eigenvalue weighted by atomic mass is 9.97. The fraction of sp³-hybridized carbons (Fsp3) is 1.00. The molecule has 4 heteroatoms. The van der Waals surface area contributed by atoms with E-state index in [4.69, 9.17) is 9.47 Å². The fourth-order valence-corrected chi connectivity index (χ4v) is 3.25. The van der Waals surface area contributed by atoms with Crippen LogP contribution < -0.4 is 5.32 Å². The quantitative estimate of drug-likeness (QED) is 0.703. The van der Waals surface area contributed by atoms with Crippen molar-refractivity contribution in [3.63, 3.8) is 0 Å². The van der Waals surface area contributed by atoms with E-state index in [1.54, 1.807) is 0 Å². The molecule has 1 aliphatic carbocycles. The molecule has 4 unspecified atom stereocenters. The fourth-order valence-electron chi connectivity index (χ4n) is 3.25. The van der Waals surface area contributed by atoms with Gasteiger partial charge in [-0.15, -0.1) is 0 Å². The van der Waals surface area contributed by atoms with Crippen LogP contribution in [0.2, 0.25) is 0 Å². The first-order valence-corrected chi connectivity index (χ1v) is 8.36. The van der Waals surface area contributed by atoms with Gasteiger partial charge in [0, 0.05) is 19.2 Å². The number of hydrogen-bond acceptors (Lipinski definition) is 4. The zero-order chi connectivity index (χ0) is 14.2. The molecule has 4 atom stereocenters. The highest BCUT2D eigenvalue weighted by atomic mass is 16.5. The minimum Gasteiger partial charge on any atom is -0.389 e.